The van der Waals surface area contributed by atoms with Gasteiger partial charge >= 0.3 is 12.1 Å². The summed E-state index contributed by atoms with van der Waals surface area (Å²) in [7, 11) is 0. The fourth-order valence-corrected chi connectivity index (χ4v) is 7.18. The first-order chi connectivity index (χ1) is 20.6. The summed E-state index contributed by atoms with van der Waals surface area (Å²) in [6.45, 7) is 18.3. The van der Waals surface area contributed by atoms with Crippen molar-refractivity contribution in [3.63, 3.8) is 0 Å². The minimum absolute atomic E-state index is 0.0958. The fraction of sp³-hybridized carbons (Fsp3) is 0.667. The standard InChI is InChI=1S/C33H46BrN5O4/c1-6-22-19-25-27(28(26(22)34)41-23-9-8-10-23)35-30(42-24-11-15-37(7-2)16-12-24)36-29(25)38-17-13-33(14-18-38)20-39(21-33)31(40)43-32(3,4)5/h6,19,23-24H,1,7-18,20-21H2,2-5H3. The lowest BCUT2D eigenvalue weighted by atomic mass is 9.72. The minimum atomic E-state index is -0.482. The first-order valence-corrected chi connectivity index (χ1v) is 16.8. The number of likely N-dealkylation sites (tertiary alicyclic amines) is 2. The van der Waals surface area contributed by atoms with Gasteiger partial charge in [0.05, 0.1) is 10.6 Å². The highest BCUT2D eigenvalue weighted by molar-refractivity contribution is 9.10. The van der Waals surface area contributed by atoms with Crippen molar-refractivity contribution in [1.29, 1.82) is 0 Å². The molecule has 0 bridgehead atoms. The van der Waals surface area contributed by atoms with Crippen molar-refractivity contribution in [3.05, 3.63) is 22.7 Å². The molecule has 3 saturated heterocycles. The molecule has 0 atom stereocenters. The molecule has 43 heavy (non-hydrogen) atoms. The second-order valence-corrected chi connectivity index (χ2v) is 14.6. The Labute approximate surface area is 264 Å². The molecular weight excluding hydrogens is 610 g/mol. The highest BCUT2D eigenvalue weighted by Crippen LogP contribution is 2.45. The SMILES string of the molecule is C=Cc1cc2c(N3CCC4(CC3)CN(C(=O)OC(C)(C)C)C4)nc(OC3CCN(CC)CC3)nc2c(OC2CCC2)c1Br. The molecule has 1 spiro atoms. The Morgan fingerprint density at radius 3 is 2.33 bits per heavy atom. The van der Waals surface area contributed by atoms with E-state index in [4.69, 9.17) is 24.2 Å². The normalized spacial score (nSPS) is 21.4. The van der Waals surface area contributed by atoms with Crippen LogP contribution in [0.25, 0.3) is 17.0 Å². The summed E-state index contributed by atoms with van der Waals surface area (Å²) in [4.78, 5) is 29.3. The molecule has 4 heterocycles. The molecule has 0 radical (unpaired) electrons. The first-order valence-electron chi connectivity index (χ1n) is 16.0. The Bertz CT molecular complexity index is 1350. The van der Waals surface area contributed by atoms with Crippen molar-refractivity contribution < 1.29 is 19.0 Å². The van der Waals surface area contributed by atoms with Crippen LogP contribution < -0.4 is 14.4 Å². The molecule has 1 aromatic carbocycles. The highest BCUT2D eigenvalue weighted by atomic mass is 79.9. The van der Waals surface area contributed by atoms with Crippen molar-refractivity contribution in [2.45, 2.75) is 90.4 Å². The van der Waals surface area contributed by atoms with Gasteiger partial charge in [0.15, 0.2) is 5.75 Å². The predicted molar refractivity (Wildman–Crippen MR) is 173 cm³/mol. The highest BCUT2D eigenvalue weighted by Gasteiger charge is 2.48. The summed E-state index contributed by atoms with van der Waals surface area (Å²) in [5.74, 6) is 1.64. The van der Waals surface area contributed by atoms with Gasteiger partial charge in [0.25, 0.3) is 0 Å². The zero-order chi connectivity index (χ0) is 30.4. The monoisotopic (exact) mass is 655 g/mol. The van der Waals surface area contributed by atoms with Crippen molar-refractivity contribution in [2.24, 2.45) is 5.41 Å². The van der Waals surface area contributed by atoms with Crippen LogP contribution >= 0.6 is 15.9 Å². The van der Waals surface area contributed by atoms with E-state index in [2.05, 4.69) is 45.3 Å². The van der Waals surface area contributed by atoms with E-state index in [1.807, 2.05) is 31.7 Å². The van der Waals surface area contributed by atoms with E-state index >= 15 is 0 Å². The van der Waals surface area contributed by atoms with Gasteiger partial charge in [-0.15, -0.1) is 0 Å². The smallest absolute Gasteiger partial charge is 0.410 e. The number of hydrogen-bond acceptors (Lipinski definition) is 8. The fourth-order valence-electron chi connectivity index (χ4n) is 6.62. The molecule has 4 aliphatic rings. The van der Waals surface area contributed by atoms with E-state index in [1.165, 1.54) is 6.42 Å². The Morgan fingerprint density at radius 2 is 1.74 bits per heavy atom. The third-order valence-corrected chi connectivity index (χ3v) is 10.3. The number of piperidine rings is 2. The molecule has 4 fully saturated rings. The van der Waals surface area contributed by atoms with E-state index in [9.17, 15) is 4.79 Å². The molecule has 1 aromatic heterocycles. The summed E-state index contributed by atoms with van der Waals surface area (Å²) in [6, 6.07) is 2.55. The van der Waals surface area contributed by atoms with Gasteiger partial charge in [-0.25, -0.2) is 4.79 Å². The minimum Gasteiger partial charge on any atom is -0.487 e. The van der Waals surface area contributed by atoms with Crippen LogP contribution in [0, 0.1) is 5.41 Å². The number of halogens is 1. The van der Waals surface area contributed by atoms with Crippen molar-refractivity contribution in [1.82, 2.24) is 19.8 Å². The van der Waals surface area contributed by atoms with Crippen LogP contribution in [0.5, 0.6) is 11.8 Å². The zero-order valence-corrected chi connectivity index (χ0v) is 27.7. The number of rotatable bonds is 7. The lowest BCUT2D eigenvalue weighted by Crippen LogP contribution is -2.62. The summed E-state index contributed by atoms with van der Waals surface area (Å²) < 4.78 is 19.6. The number of carbonyl (C=O) groups excluding carboxylic acids is 1. The summed E-state index contributed by atoms with van der Waals surface area (Å²) in [5.41, 5.74) is 1.41. The molecular formula is C33H46BrN5O4. The van der Waals surface area contributed by atoms with Crippen LogP contribution in [0.2, 0.25) is 0 Å². The predicted octanol–water partition coefficient (Wildman–Crippen LogP) is 6.67. The lowest BCUT2D eigenvalue weighted by Gasteiger charge is -2.53. The van der Waals surface area contributed by atoms with E-state index in [1.54, 1.807) is 0 Å². The number of nitrogens with zero attached hydrogens (tertiary/aromatic N) is 5. The van der Waals surface area contributed by atoms with Gasteiger partial charge in [-0.3, -0.25) is 0 Å². The molecule has 3 aliphatic heterocycles. The maximum Gasteiger partial charge on any atom is 0.410 e. The van der Waals surface area contributed by atoms with Crippen molar-refractivity contribution >= 4 is 44.8 Å². The van der Waals surface area contributed by atoms with Gasteiger partial charge < -0.3 is 28.9 Å². The number of aromatic nitrogens is 2. The second kappa shape index (κ2) is 12.1. The zero-order valence-electron chi connectivity index (χ0n) is 26.2. The van der Waals surface area contributed by atoms with Gasteiger partial charge in [0, 0.05) is 50.1 Å². The maximum absolute atomic E-state index is 12.6. The van der Waals surface area contributed by atoms with Gasteiger partial charge in [0.2, 0.25) is 0 Å². The van der Waals surface area contributed by atoms with Crippen LogP contribution in [0.4, 0.5) is 10.6 Å². The van der Waals surface area contributed by atoms with E-state index in [0.29, 0.717) is 6.01 Å². The van der Waals surface area contributed by atoms with Crippen LogP contribution in [-0.4, -0.2) is 89.5 Å². The Hall–Kier alpha value is -2.59. The van der Waals surface area contributed by atoms with Crippen LogP contribution in [0.15, 0.2) is 17.1 Å². The molecule has 0 unspecified atom stereocenters. The number of hydrogen-bond donors (Lipinski definition) is 0. The van der Waals surface area contributed by atoms with Gasteiger partial charge in [-0.1, -0.05) is 19.6 Å². The molecule has 1 saturated carbocycles. The van der Waals surface area contributed by atoms with Gasteiger partial charge in [0.1, 0.15) is 23.0 Å². The van der Waals surface area contributed by atoms with Crippen LogP contribution in [0.3, 0.4) is 0 Å². The Morgan fingerprint density at radius 1 is 1.07 bits per heavy atom. The summed E-state index contributed by atoms with van der Waals surface area (Å²) in [5, 5.41) is 0.959. The topological polar surface area (TPSA) is 80.3 Å². The van der Waals surface area contributed by atoms with E-state index in [-0.39, 0.29) is 23.7 Å². The molecule has 234 valence electrons. The molecule has 1 aliphatic carbocycles. The first kappa shape index (κ1) is 30.4. The van der Waals surface area contributed by atoms with E-state index in [0.717, 1.165) is 117 Å². The van der Waals surface area contributed by atoms with Crippen molar-refractivity contribution in [2.75, 3.05) is 50.7 Å². The molecule has 1 amide bonds. The molecule has 9 nitrogen and oxygen atoms in total. The Kier molecular flexibility index (Phi) is 8.54. The molecule has 10 heteroatoms. The number of anilines is 1. The molecule has 0 N–H and O–H groups in total. The average Bonchev–Trinajstić information content (AvgIpc) is 2.93. The van der Waals surface area contributed by atoms with Gasteiger partial charge in [-0.2, -0.15) is 9.97 Å². The number of benzene rings is 1. The average molecular weight is 657 g/mol. The number of carbonyl (C=O) groups is 1. The Balaban J connectivity index is 1.27. The third-order valence-electron chi connectivity index (χ3n) is 9.51. The number of amides is 1. The van der Waals surface area contributed by atoms with Gasteiger partial charge in [-0.05, 0) is 99.8 Å². The molecule has 6 rings (SSSR count). The summed E-state index contributed by atoms with van der Waals surface area (Å²) in [6.07, 6.45) is 9.14. The second-order valence-electron chi connectivity index (χ2n) is 13.8. The quantitative estimate of drug-likeness (QED) is 0.327. The maximum atomic E-state index is 12.6. The lowest BCUT2D eigenvalue weighted by molar-refractivity contribution is -0.0434. The largest absolute Gasteiger partial charge is 0.487 e. The molecule has 2 aromatic rings. The van der Waals surface area contributed by atoms with E-state index < -0.39 is 5.60 Å². The third kappa shape index (κ3) is 6.46. The number of fused-ring (bicyclic) bond motifs is 1. The number of ether oxygens (including phenoxy) is 3. The van der Waals surface area contributed by atoms with Crippen LogP contribution in [0.1, 0.15) is 78.2 Å². The van der Waals surface area contributed by atoms with Crippen LogP contribution in [-0.2, 0) is 4.74 Å². The van der Waals surface area contributed by atoms with Crippen molar-refractivity contribution in [3.8, 4) is 11.8 Å². The summed E-state index contributed by atoms with van der Waals surface area (Å²) >= 11 is 3.81.